The van der Waals surface area contributed by atoms with E-state index in [1.165, 1.54) is 30.5 Å². The Morgan fingerprint density at radius 1 is 1.19 bits per heavy atom. The summed E-state index contributed by atoms with van der Waals surface area (Å²) in [5, 5.41) is 9.61. The predicted molar refractivity (Wildman–Crippen MR) is 78.5 cm³/mol. The molecule has 0 aliphatic carbocycles. The maximum Gasteiger partial charge on any atom is 0.269 e. The predicted octanol–water partition coefficient (Wildman–Crippen LogP) is 2.80. The van der Waals surface area contributed by atoms with Crippen molar-refractivity contribution in [3.05, 3.63) is 59.4 Å². The largest absolute Gasteiger partial charge is 0.269 e. The Morgan fingerprint density at radius 3 is 2.57 bits per heavy atom. The molecule has 0 N–H and O–H groups in total. The molecular formula is C14H8ClN3O2S. The number of halogens is 1. The highest BCUT2D eigenvalue weighted by molar-refractivity contribution is 7.90. The molecule has 0 fully saturated rings. The average Bonchev–Trinajstić information content (AvgIpc) is 2.91. The second kappa shape index (κ2) is 4.88. The highest BCUT2D eigenvalue weighted by Gasteiger charge is 2.20. The quantitative estimate of drug-likeness (QED) is 0.681. The highest BCUT2D eigenvalue weighted by Crippen LogP contribution is 2.25. The Balaban J connectivity index is 2.33. The molecule has 0 saturated heterocycles. The summed E-state index contributed by atoms with van der Waals surface area (Å²) >= 11 is 5.86. The van der Waals surface area contributed by atoms with Gasteiger partial charge in [0.2, 0.25) is 0 Å². The molecule has 0 saturated carbocycles. The Kier molecular flexibility index (Phi) is 3.16. The second-order valence-electron chi connectivity index (χ2n) is 4.27. The number of rotatable bonds is 2. The van der Waals surface area contributed by atoms with Gasteiger partial charge in [0.25, 0.3) is 10.0 Å². The van der Waals surface area contributed by atoms with Gasteiger partial charge < -0.3 is 0 Å². The van der Waals surface area contributed by atoms with Crippen LogP contribution in [0.2, 0.25) is 5.15 Å². The van der Waals surface area contributed by atoms with E-state index in [1.54, 1.807) is 18.2 Å². The van der Waals surface area contributed by atoms with Crippen LogP contribution in [-0.2, 0) is 10.0 Å². The molecule has 2 heterocycles. The molecule has 0 amide bonds. The van der Waals surface area contributed by atoms with Gasteiger partial charge in [-0.15, -0.1) is 0 Å². The molecule has 1 aromatic carbocycles. The lowest BCUT2D eigenvalue weighted by Crippen LogP contribution is -2.12. The molecule has 0 aliphatic rings. The first-order chi connectivity index (χ1) is 10.0. The zero-order valence-corrected chi connectivity index (χ0v) is 12.1. The number of hydrogen-bond donors (Lipinski definition) is 0. The van der Waals surface area contributed by atoms with Gasteiger partial charge in [-0.05, 0) is 24.3 Å². The molecule has 3 aromatic rings. The van der Waals surface area contributed by atoms with Crippen molar-refractivity contribution in [1.82, 2.24) is 8.96 Å². The minimum Gasteiger partial charge on any atom is -0.224 e. The Hall–Kier alpha value is -2.36. The summed E-state index contributed by atoms with van der Waals surface area (Å²) in [6.45, 7) is 0. The fraction of sp³-hybridized carbons (Fsp3) is 0. The van der Waals surface area contributed by atoms with E-state index in [0.717, 1.165) is 3.97 Å². The number of nitrogens with zero attached hydrogens (tertiary/aromatic N) is 3. The number of hydrogen-bond acceptors (Lipinski definition) is 4. The normalized spacial score (nSPS) is 11.4. The van der Waals surface area contributed by atoms with Gasteiger partial charge >= 0.3 is 0 Å². The van der Waals surface area contributed by atoms with Crippen LogP contribution >= 0.6 is 11.6 Å². The van der Waals surface area contributed by atoms with Gasteiger partial charge in [-0.1, -0.05) is 29.8 Å². The van der Waals surface area contributed by atoms with Crippen molar-refractivity contribution in [3.63, 3.8) is 0 Å². The van der Waals surface area contributed by atoms with Crippen molar-refractivity contribution in [2.75, 3.05) is 0 Å². The minimum atomic E-state index is -3.78. The smallest absolute Gasteiger partial charge is 0.224 e. The van der Waals surface area contributed by atoms with Gasteiger partial charge in [-0.2, -0.15) is 5.26 Å². The van der Waals surface area contributed by atoms with Gasteiger partial charge in [0.05, 0.1) is 10.5 Å². The van der Waals surface area contributed by atoms with E-state index in [0.29, 0.717) is 5.39 Å². The summed E-state index contributed by atoms with van der Waals surface area (Å²) in [4.78, 5) is 4.18. The summed E-state index contributed by atoms with van der Waals surface area (Å²) in [5.74, 6) is 0. The third-order valence-electron chi connectivity index (χ3n) is 3.01. The summed E-state index contributed by atoms with van der Waals surface area (Å²) in [7, 11) is -3.78. The van der Waals surface area contributed by atoms with Crippen molar-refractivity contribution >= 4 is 32.7 Å². The zero-order valence-electron chi connectivity index (χ0n) is 10.6. The topological polar surface area (TPSA) is 75.8 Å². The third-order valence-corrected chi connectivity index (χ3v) is 4.89. The molecule has 104 valence electrons. The number of fused-ring (bicyclic) bond motifs is 1. The molecule has 7 heteroatoms. The zero-order chi connectivity index (χ0) is 15.0. The minimum absolute atomic E-state index is 0.0715. The van der Waals surface area contributed by atoms with Gasteiger partial charge in [0, 0.05) is 11.6 Å². The van der Waals surface area contributed by atoms with E-state index >= 15 is 0 Å². The fourth-order valence-electron chi connectivity index (χ4n) is 2.05. The van der Waals surface area contributed by atoms with Gasteiger partial charge in [-0.3, -0.25) is 0 Å². The molecule has 3 rings (SSSR count). The molecule has 0 bridgehead atoms. The molecular weight excluding hydrogens is 310 g/mol. The van der Waals surface area contributed by atoms with Crippen molar-refractivity contribution in [2.45, 2.75) is 4.90 Å². The van der Waals surface area contributed by atoms with E-state index in [4.69, 9.17) is 16.9 Å². The summed E-state index contributed by atoms with van der Waals surface area (Å²) in [5.41, 5.74) is 0.426. The van der Waals surface area contributed by atoms with Crippen molar-refractivity contribution in [3.8, 4) is 6.07 Å². The van der Waals surface area contributed by atoms with E-state index in [2.05, 4.69) is 4.98 Å². The molecule has 0 unspecified atom stereocenters. The van der Waals surface area contributed by atoms with Gasteiger partial charge in [-0.25, -0.2) is 17.4 Å². The van der Waals surface area contributed by atoms with Crippen LogP contribution in [0.3, 0.4) is 0 Å². The standard InChI is InChI=1S/C14H8ClN3O2S/c15-13-8-10(9-16)12-6-7-18(14(12)17-13)21(19,20)11-4-2-1-3-5-11/h1-8H. The van der Waals surface area contributed by atoms with E-state index < -0.39 is 10.0 Å². The molecule has 0 atom stereocenters. The SMILES string of the molecule is N#Cc1cc(Cl)nc2c1ccn2S(=O)(=O)c1ccccc1. The van der Waals surface area contributed by atoms with Crippen LogP contribution in [0.1, 0.15) is 5.56 Å². The van der Waals surface area contributed by atoms with Crippen LogP contribution < -0.4 is 0 Å². The maximum atomic E-state index is 12.6. The number of aromatic nitrogens is 2. The van der Waals surface area contributed by atoms with E-state index in [9.17, 15) is 8.42 Å². The molecule has 0 aliphatic heterocycles. The first-order valence-electron chi connectivity index (χ1n) is 5.92. The van der Waals surface area contributed by atoms with Crippen LogP contribution in [0.5, 0.6) is 0 Å². The third kappa shape index (κ3) is 2.17. The van der Waals surface area contributed by atoms with Crippen LogP contribution in [0, 0.1) is 11.3 Å². The summed E-state index contributed by atoms with van der Waals surface area (Å²) in [6, 6.07) is 12.9. The molecule has 2 aromatic heterocycles. The average molecular weight is 318 g/mol. The Morgan fingerprint density at radius 2 is 1.90 bits per heavy atom. The van der Waals surface area contributed by atoms with E-state index in [1.807, 2.05) is 6.07 Å². The van der Waals surface area contributed by atoms with Crippen LogP contribution in [0.15, 0.2) is 53.6 Å². The molecule has 5 nitrogen and oxygen atoms in total. The van der Waals surface area contributed by atoms with Crippen LogP contribution in [0.25, 0.3) is 11.0 Å². The number of nitriles is 1. The lowest BCUT2D eigenvalue weighted by Gasteiger charge is -2.07. The number of benzene rings is 1. The first-order valence-corrected chi connectivity index (χ1v) is 7.74. The fourth-order valence-corrected chi connectivity index (χ4v) is 3.55. The van der Waals surface area contributed by atoms with Crippen LogP contribution in [0.4, 0.5) is 0 Å². The maximum absolute atomic E-state index is 12.6. The Labute approximate surface area is 126 Å². The number of pyridine rings is 1. The highest BCUT2D eigenvalue weighted by atomic mass is 35.5. The van der Waals surface area contributed by atoms with Crippen molar-refractivity contribution in [2.24, 2.45) is 0 Å². The molecule has 0 radical (unpaired) electrons. The monoisotopic (exact) mass is 317 g/mol. The van der Waals surface area contributed by atoms with Gasteiger partial charge in [0.1, 0.15) is 11.2 Å². The summed E-state index contributed by atoms with van der Waals surface area (Å²) in [6.07, 6.45) is 1.37. The first kappa shape index (κ1) is 13.6. The van der Waals surface area contributed by atoms with E-state index in [-0.39, 0.29) is 21.3 Å². The Bertz CT molecular complexity index is 973. The van der Waals surface area contributed by atoms with Crippen molar-refractivity contribution < 1.29 is 8.42 Å². The van der Waals surface area contributed by atoms with Crippen LogP contribution in [-0.4, -0.2) is 17.4 Å². The lowest BCUT2D eigenvalue weighted by atomic mass is 10.2. The summed E-state index contributed by atoms with van der Waals surface area (Å²) < 4.78 is 26.3. The second-order valence-corrected chi connectivity index (χ2v) is 6.47. The lowest BCUT2D eigenvalue weighted by molar-refractivity contribution is 0.589. The molecule has 21 heavy (non-hydrogen) atoms. The van der Waals surface area contributed by atoms with Crippen molar-refractivity contribution in [1.29, 1.82) is 5.26 Å². The molecule has 0 spiro atoms. The van der Waals surface area contributed by atoms with Gasteiger partial charge in [0.15, 0.2) is 5.65 Å².